The number of hydrogen-bond donors (Lipinski definition) is 1. The fourth-order valence-corrected chi connectivity index (χ4v) is 1.12. The van der Waals surface area contributed by atoms with Crippen LogP contribution >= 0.6 is 0 Å². The Hall–Kier alpha value is -1.78. The van der Waals surface area contributed by atoms with Crippen molar-refractivity contribution in [2.24, 2.45) is 0 Å². The lowest BCUT2D eigenvalue weighted by atomic mass is 9.95. The van der Waals surface area contributed by atoms with Crippen LogP contribution in [0.2, 0.25) is 0 Å². The van der Waals surface area contributed by atoms with Crippen molar-refractivity contribution in [3.8, 4) is 0 Å². The summed E-state index contributed by atoms with van der Waals surface area (Å²) in [6.45, 7) is 0. The van der Waals surface area contributed by atoms with Gasteiger partial charge in [0, 0.05) is 0 Å². The summed E-state index contributed by atoms with van der Waals surface area (Å²) < 4.78 is 4.32. The number of nitrogens with one attached hydrogen (secondary N) is 1. The van der Waals surface area contributed by atoms with E-state index in [1.165, 1.54) is 12.1 Å². The minimum Gasteiger partial charge on any atom is -0.372 e. The zero-order chi connectivity index (χ0) is 9.42. The van der Waals surface area contributed by atoms with Crippen LogP contribution < -0.4 is 16.8 Å². The molecule has 13 heavy (non-hydrogen) atoms. The molecule has 0 saturated carbocycles. The molecule has 0 amide bonds. The van der Waals surface area contributed by atoms with Gasteiger partial charge in [0.05, 0.1) is 10.9 Å². The zero-order valence-corrected chi connectivity index (χ0v) is 6.53. The van der Waals surface area contributed by atoms with Gasteiger partial charge < -0.3 is 4.42 Å². The number of rotatable bonds is 0. The monoisotopic (exact) mass is 173 g/mol. The molecule has 2 aromatic rings. The van der Waals surface area contributed by atoms with E-state index in [0.717, 1.165) is 0 Å². The van der Waals surface area contributed by atoms with Gasteiger partial charge in [-0.3, -0.25) is 4.98 Å². The number of aromatic amines is 1. The largest absolute Gasteiger partial charge is 0.419 e. The Morgan fingerprint density at radius 2 is 2.08 bits per heavy atom. The van der Waals surface area contributed by atoms with Crippen LogP contribution in [0.4, 0.5) is 0 Å². The molecule has 0 spiro atoms. The summed E-state index contributed by atoms with van der Waals surface area (Å²) in [4.78, 5) is 24.2. The number of benzene rings is 1. The standard InChI is InChI=1S/C8H4BNO3/c9-4-1-2-5-6(3-4)10-8(12)13-7(5)11/h1-3H,(H,10,12). The lowest BCUT2D eigenvalue weighted by Gasteiger charge is -1.95. The zero-order valence-electron chi connectivity index (χ0n) is 6.53. The summed E-state index contributed by atoms with van der Waals surface area (Å²) in [5.74, 6) is -0.775. The third kappa shape index (κ3) is 1.28. The summed E-state index contributed by atoms with van der Waals surface area (Å²) in [6.07, 6.45) is 0. The highest BCUT2D eigenvalue weighted by Gasteiger charge is 2.00. The van der Waals surface area contributed by atoms with Gasteiger partial charge in [0.1, 0.15) is 7.85 Å². The Labute approximate surface area is 73.6 Å². The average molecular weight is 173 g/mol. The van der Waals surface area contributed by atoms with Crippen molar-refractivity contribution >= 4 is 24.2 Å². The van der Waals surface area contributed by atoms with E-state index >= 15 is 0 Å². The van der Waals surface area contributed by atoms with Gasteiger partial charge in [0.2, 0.25) is 0 Å². The average Bonchev–Trinajstić information content (AvgIpc) is 2.02. The lowest BCUT2D eigenvalue weighted by Crippen LogP contribution is -2.16. The SMILES string of the molecule is [B]c1ccc2c(=O)oc(=O)[nH]c2c1. The molecule has 1 aromatic heterocycles. The van der Waals surface area contributed by atoms with Crippen molar-refractivity contribution < 1.29 is 4.42 Å². The first-order valence-corrected chi connectivity index (χ1v) is 3.59. The normalized spacial score (nSPS) is 10.5. The maximum atomic E-state index is 11.1. The highest BCUT2D eigenvalue weighted by atomic mass is 16.4. The van der Waals surface area contributed by atoms with Crippen LogP contribution in [0, 0.1) is 0 Å². The van der Waals surface area contributed by atoms with Crippen molar-refractivity contribution in [3.63, 3.8) is 0 Å². The first-order chi connectivity index (χ1) is 6.16. The third-order valence-corrected chi connectivity index (χ3v) is 1.69. The van der Waals surface area contributed by atoms with Crippen LogP contribution in [0.3, 0.4) is 0 Å². The molecule has 5 heteroatoms. The van der Waals surface area contributed by atoms with Crippen molar-refractivity contribution in [2.75, 3.05) is 0 Å². The second kappa shape index (κ2) is 2.62. The molecule has 1 heterocycles. The summed E-state index contributed by atoms with van der Waals surface area (Å²) >= 11 is 0. The van der Waals surface area contributed by atoms with E-state index in [0.29, 0.717) is 16.4 Å². The van der Waals surface area contributed by atoms with Gasteiger partial charge in [-0.1, -0.05) is 11.5 Å². The maximum absolute atomic E-state index is 11.1. The Morgan fingerprint density at radius 3 is 2.85 bits per heavy atom. The Kier molecular flexibility index (Phi) is 1.58. The molecule has 2 rings (SSSR count). The first-order valence-electron chi connectivity index (χ1n) is 3.59. The van der Waals surface area contributed by atoms with Gasteiger partial charge >= 0.3 is 11.4 Å². The van der Waals surface area contributed by atoms with Crippen molar-refractivity contribution in [1.82, 2.24) is 4.98 Å². The van der Waals surface area contributed by atoms with Crippen LogP contribution in [0.1, 0.15) is 0 Å². The van der Waals surface area contributed by atoms with Gasteiger partial charge in [0.15, 0.2) is 0 Å². The Balaban J connectivity index is 3.03. The topological polar surface area (TPSA) is 63.1 Å². The van der Waals surface area contributed by atoms with E-state index in [1.54, 1.807) is 6.07 Å². The van der Waals surface area contributed by atoms with E-state index in [4.69, 9.17) is 7.85 Å². The smallest absolute Gasteiger partial charge is 0.372 e. The molecule has 0 aliphatic carbocycles. The highest BCUT2D eigenvalue weighted by Crippen LogP contribution is 2.00. The van der Waals surface area contributed by atoms with Gasteiger partial charge in [-0.2, -0.15) is 0 Å². The molecule has 1 aromatic carbocycles. The van der Waals surface area contributed by atoms with Crippen LogP contribution in [0.25, 0.3) is 10.9 Å². The van der Waals surface area contributed by atoms with E-state index in [2.05, 4.69) is 9.40 Å². The molecule has 2 radical (unpaired) electrons. The molecule has 0 fully saturated rings. The molecular formula is C8H4BNO3. The van der Waals surface area contributed by atoms with Crippen LogP contribution in [-0.2, 0) is 0 Å². The number of aromatic nitrogens is 1. The molecule has 0 aliphatic heterocycles. The predicted molar refractivity (Wildman–Crippen MR) is 48.5 cm³/mol. The predicted octanol–water partition coefficient (Wildman–Crippen LogP) is -0.725. The molecule has 0 unspecified atom stereocenters. The van der Waals surface area contributed by atoms with Crippen LogP contribution in [0.5, 0.6) is 0 Å². The summed E-state index contributed by atoms with van der Waals surface area (Å²) in [5, 5.41) is 0.314. The third-order valence-electron chi connectivity index (χ3n) is 1.69. The number of hydrogen-bond acceptors (Lipinski definition) is 3. The Morgan fingerprint density at radius 1 is 1.31 bits per heavy atom. The summed E-state index contributed by atoms with van der Waals surface area (Å²) in [6, 6.07) is 4.58. The number of H-pyrrole nitrogens is 1. The molecular weight excluding hydrogens is 169 g/mol. The van der Waals surface area contributed by atoms with Crippen molar-refractivity contribution in [1.29, 1.82) is 0 Å². The van der Waals surface area contributed by atoms with Crippen LogP contribution in [-0.4, -0.2) is 12.8 Å². The second-order valence-corrected chi connectivity index (χ2v) is 2.61. The van der Waals surface area contributed by atoms with Gasteiger partial charge in [-0.25, -0.2) is 9.59 Å². The molecule has 0 bridgehead atoms. The molecule has 0 saturated heterocycles. The minimum absolute atomic E-state index is 0.314. The number of fused-ring (bicyclic) bond motifs is 1. The highest BCUT2D eigenvalue weighted by molar-refractivity contribution is 6.33. The lowest BCUT2D eigenvalue weighted by molar-refractivity contribution is 0.460. The minimum atomic E-state index is -0.775. The van der Waals surface area contributed by atoms with Crippen molar-refractivity contribution in [3.05, 3.63) is 39.2 Å². The first kappa shape index (κ1) is 7.85. The van der Waals surface area contributed by atoms with Crippen LogP contribution in [0.15, 0.2) is 32.2 Å². The second-order valence-electron chi connectivity index (χ2n) is 2.61. The summed E-state index contributed by atoms with van der Waals surface area (Å²) in [5.41, 5.74) is 0.216. The van der Waals surface area contributed by atoms with E-state index in [1.807, 2.05) is 0 Å². The fourth-order valence-electron chi connectivity index (χ4n) is 1.12. The van der Waals surface area contributed by atoms with Gasteiger partial charge in [0.25, 0.3) is 0 Å². The van der Waals surface area contributed by atoms with Crippen molar-refractivity contribution in [2.45, 2.75) is 0 Å². The fraction of sp³-hybridized carbons (Fsp3) is 0. The quantitative estimate of drug-likeness (QED) is 0.534. The molecule has 62 valence electrons. The maximum Gasteiger partial charge on any atom is 0.419 e. The molecule has 0 aliphatic rings. The molecule has 1 N–H and O–H groups in total. The van der Waals surface area contributed by atoms with Gasteiger partial charge in [-0.05, 0) is 12.1 Å². The molecule has 0 atom stereocenters. The van der Waals surface area contributed by atoms with E-state index < -0.39 is 11.4 Å². The Bertz CT molecular complexity index is 569. The van der Waals surface area contributed by atoms with E-state index in [-0.39, 0.29) is 0 Å². The van der Waals surface area contributed by atoms with Gasteiger partial charge in [-0.15, -0.1) is 0 Å². The molecule has 4 nitrogen and oxygen atoms in total. The summed E-state index contributed by atoms with van der Waals surface area (Å²) in [7, 11) is 5.47. The van der Waals surface area contributed by atoms with E-state index in [9.17, 15) is 9.59 Å².